The van der Waals surface area contributed by atoms with E-state index >= 15 is 0 Å². The fourth-order valence-electron chi connectivity index (χ4n) is 0.405. The highest BCUT2D eigenvalue weighted by atomic mass is 16.5. The molecule has 0 saturated heterocycles. The molecule has 0 fully saturated rings. The van der Waals surface area contributed by atoms with Crippen LogP contribution in [0.2, 0.25) is 0 Å². The summed E-state index contributed by atoms with van der Waals surface area (Å²) in [6.45, 7) is 5.55. The van der Waals surface area contributed by atoms with E-state index in [4.69, 9.17) is 0 Å². The molecule has 0 bridgehead atoms. The maximum absolute atomic E-state index is 10.2. The third-order valence-corrected chi connectivity index (χ3v) is 1.29. The van der Waals surface area contributed by atoms with Crippen LogP contribution in [0.5, 0.6) is 0 Å². The average Bonchev–Trinajstić information content (AvgIpc) is 1.87. The maximum atomic E-state index is 10.2. The Bertz CT molecular complexity index is 127. The second kappa shape index (κ2) is 5.03. The standard InChI is InChI=1S/C8H14O2/c1-4-7(2)5-6-10-8(3)9/h5-7H,4H2,1-3H3. The summed E-state index contributed by atoms with van der Waals surface area (Å²) >= 11 is 0. The molecular formula is C8H14O2. The molecule has 0 aliphatic carbocycles. The second-order valence-corrected chi connectivity index (χ2v) is 2.32. The van der Waals surface area contributed by atoms with Crippen LogP contribution < -0.4 is 0 Å². The molecule has 0 aliphatic heterocycles. The van der Waals surface area contributed by atoms with Gasteiger partial charge in [0.15, 0.2) is 0 Å². The lowest BCUT2D eigenvalue weighted by atomic mass is 10.1. The van der Waals surface area contributed by atoms with E-state index in [-0.39, 0.29) is 5.97 Å². The molecule has 0 aromatic carbocycles. The minimum absolute atomic E-state index is 0.264. The Morgan fingerprint density at radius 2 is 2.30 bits per heavy atom. The van der Waals surface area contributed by atoms with E-state index in [0.29, 0.717) is 5.92 Å². The van der Waals surface area contributed by atoms with Crippen LogP contribution in [-0.4, -0.2) is 5.97 Å². The summed E-state index contributed by atoms with van der Waals surface area (Å²) in [6.07, 6.45) is 4.40. The van der Waals surface area contributed by atoms with E-state index in [1.165, 1.54) is 13.2 Å². The van der Waals surface area contributed by atoms with Gasteiger partial charge in [0, 0.05) is 6.92 Å². The number of carbonyl (C=O) groups is 1. The normalized spacial score (nSPS) is 13.5. The van der Waals surface area contributed by atoms with Gasteiger partial charge in [-0.15, -0.1) is 0 Å². The zero-order valence-corrected chi connectivity index (χ0v) is 6.76. The zero-order valence-electron chi connectivity index (χ0n) is 6.76. The molecule has 2 heteroatoms. The summed E-state index contributed by atoms with van der Waals surface area (Å²) in [5.41, 5.74) is 0. The van der Waals surface area contributed by atoms with Gasteiger partial charge in [0.25, 0.3) is 0 Å². The smallest absolute Gasteiger partial charge is 0.307 e. The lowest BCUT2D eigenvalue weighted by molar-refractivity contribution is -0.135. The van der Waals surface area contributed by atoms with E-state index in [1.54, 1.807) is 0 Å². The number of hydrogen-bond acceptors (Lipinski definition) is 2. The van der Waals surface area contributed by atoms with Crippen molar-refractivity contribution in [3.63, 3.8) is 0 Å². The van der Waals surface area contributed by atoms with Crippen molar-refractivity contribution in [3.05, 3.63) is 12.3 Å². The fraction of sp³-hybridized carbons (Fsp3) is 0.625. The monoisotopic (exact) mass is 142 g/mol. The van der Waals surface area contributed by atoms with E-state index < -0.39 is 0 Å². The van der Waals surface area contributed by atoms with Crippen LogP contribution in [0, 0.1) is 5.92 Å². The molecule has 1 atom stereocenters. The average molecular weight is 142 g/mol. The van der Waals surface area contributed by atoms with Crippen LogP contribution in [-0.2, 0) is 9.53 Å². The Balaban J connectivity index is 3.45. The Kier molecular flexibility index (Phi) is 4.63. The minimum atomic E-state index is -0.264. The molecule has 0 aromatic rings. The van der Waals surface area contributed by atoms with E-state index in [9.17, 15) is 4.79 Å². The quantitative estimate of drug-likeness (QED) is 0.445. The first-order chi connectivity index (χ1) is 4.66. The summed E-state index contributed by atoms with van der Waals surface area (Å²) in [7, 11) is 0. The van der Waals surface area contributed by atoms with Crippen molar-refractivity contribution in [2.24, 2.45) is 5.92 Å². The van der Waals surface area contributed by atoms with Crippen LogP contribution in [0.3, 0.4) is 0 Å². The van der Waals surface area contributed by atoms with Gasteiger partial charge in [-0.2, -0.15) is 0 Å². The molecule has 0 aliphatic rings. The highest BCUT2D eigenvalue weighted by molar-refractivity contribution is 5.66. The summed E-state index contributed by atoms with van der Waals surface area (Å²) in [5, 5.41) is 0. The first kappa shape index (κ1) is 9.21. The van der Waals surface area contributed by atoms with E-state index in [1.807, 2.05) is 6.08 Å². The number of carbonyl (C=O) groups excluding carboxylic acids is 1. The van der Waals surface area contributed by atoms with Crippen LogP contribution in [0.25, 0.3) is 0 Å². The molecular weight excluding hydrogens is 128 g/mol. The molecule has 0 amide bonds. The molecule has 2 nitrogen and oxygen atoms in total. The highest BCUT2D eigenvalue weighted by Crippen LogP contribution is 2.01. The molecule has 0 saturated carbocycles. The lowest BCUT2D eigenvalue weighted by Crippen LogP contribution is -1.91. The Morgan fingerprint density at radius 3 is 2.70 bits per heavy atom. The summed E-state index contributed by atoms with van der Waals surface area (Å²) in [5.74, 6) is 0.221. The summed E-state index contributed by atoms with van der Waals surface area (Å²) in [4.78, 5) is 10.2. The van der Waals surface area contributed by atoms with Crippen molar-refractivity contribution in [1.82, 2.24) is 0 Å². The summed E-state index contributed by atoms with van der Waals surface area (Å²) < 4.78 is 4.59. The van der Waals surface area contributed by atoms with Crippen molar-refractivity contribution < 1.29 is 9.53 Å². The van der Waals surface area contributed by atoms with Gasteiger partial charge in [-0.25, -0.2) is 0 Å². The number of ether oxygens (including phenoxy) is 1. The third kappa shape index (κ3) is 5.35. The van der Waals surface area contributed by atoms with Crippen LogP contribution in [0.15, 0.2) is 12.3 Å². The topological polar surface area (TPSA) is 26.3 Å². The number of esters is 1. The molecule has 0 heterocycles. The van der Waals surface area contributed by atoms with Gasteiger partial charge in [-0.05, 0) is 18.4 Å². The Morgan fingerprint density at radius 1 is 1.70 bits per heavy atom. The van der Waals surface area contributed by atoms with Crippen molar-refractivity contribution >= 4 is 5.97 Å². The third-order valence-electron chi connectivity index (χ3n) is 1.29. The summed E-state index contributed by atoms with van der Waals surface area (Å²) in [6, 6.07) is 0. The van der Waals surface area contributed by atoms with Gasteiger partial charge in [-0.3, -0.25) is 4.79 Å². The predicted octanol–water partition coefficient (Wildman–Crippen LogP) is 2.11. The van der Waals surface area contributed by atoms with Gasteiger partial charge in [0.05, 0.1) is 6.26 Å². The first-order valence-electron chi connectivity index (χ1n) is 3.50. The predicted molar refractivity (Wildman–Crippen MR) is 40.4 cm³/mol. The van der Waals surface area contributed by atoms with Crippen molar-refractivity contribution in [1.29, 1.82) is 0 Å². The van der Waals surface area contributed by atoms with Crippen molar-refractivity contribution in [2.45, 2.75) is 27.2 Å². The minimum Gasteiger partial charge on any atom is -0.435 e. The molecule has 0 spiro atoms. The van der Waals surface area contributed by atoms with Gasteiger partial charge in [0.2, 0.25) is 0 Å². The molecule has 0 radical (unpaired) electrons. The number of rotatable bonds is 3. The zero-order chi connectivity index (χ0) is 7.98. The van der Waals surface area contributed by atoms with Crippen molar-refractivity contribution in [2.75, 3.05) is 0 Å². The largest absolute Gasteiger partial charge is 0.435 e. The van der Waals surface area contributed by atoms with Crippen LogP contribution in [0.4, 0.5) is 0 Å². The van der Waals surface area contributed by atoms with Crippen molar-refractivity contribution in [3.8, 4) is 0 Å². The van der Waals surface area contributed by atoms with Gasteiger partial charge in [0.1, 0.15) is 0 Å². The van der Waals surface area contributed by atoms with Gasteiger partial charge < -0.3 is 4.74 Å². The molecule has 58 valence electrons. The molecule has 1 unspecified atom stereocenters. The Labute approximate surface area is 61.9 Å². The van der Waals surface area contributed by atoms with Crippen LogP contribution >= 0.6 is 0 Å². The Hall–Kier alpha value is -0.790. The highest BCUT2D eigenvalue weighted by Gasteiger charge is 1.90. The second-order valence-electron chi connectivity index (χ2n) is 2.32. The maximum Gasteiger partial charge on any atom is 0.307 e. The van der Waals surface area contributed by atoms with E-state index in [2.05, 4.69) is 18.6 Å². The van der Waals surface area contributed by atoms with Gasteiger partial charge in [-0.1, -0.05) is 13.8 Å². The number of hydrogen-bond donors (Lipinski definition) is 0. The molecule has 0 N–H and O–H groups in total. The SMILES string of the molecule is CCC(C)C=COC(C)=O. The lowest BCUT2D eigenvalue weighted by Gasteiger charge is -1.98. The fourth-order valence-corrected chi connectivity index (χ4v) is 0.405. The molecule has 0 aromatic heterocycles. The number of allylic oxidation sites excluding steroid dienone is 1. The molecule has 0 rings (SSSR count). The first-order valence-corrected chi connectivity index (χ1v) is 3.50. The van der Waals surface area contributed by atoms with E-state index in [0.717, 1.165) is 6.42 Å². The molecule has 10 heavy (non-hydrogen) atoms. The van der Waals surface area contributed by atoms with Crippen LogP contribution in [0.1, 0.15) is 27.2 Å². The van der Waals surface area contributed by atoms with Gasteiger partial charge >= 0.3 is 5.97 Å².